The van der Waals surface area contributed by atoms with Gasteiger partial charge in [-0.2, -0.15) is 0 Å². The summed E-state index contributed by atoms with van der Waals surface area (Å²) in [6.07, 6.45) is 10.7. The molecule has 34 heavy (non-hydrogen) atoms. The summed E-state index contributed by atoms with van der Waals surface area (Å²) in [5.41, 5.74) is 6.02. The summed E-state index contributed by atoms with van der Waals surface area (Å²) < 4.78 is 11.1. The van der Waals surface area contributed by atoms with Crippen LogP contribution in [0.15, 0.2) is 36.5 Å². The molecule has 1 aromatic heterocycles. The summed E-state index contributed by atoms with van der Waals surface area (Å²) >= 11 is 0. The van der Waals surface area contributed by atoms with Gasteiger partial charge in [0.2, 0.25) is 0 Å². The van der Waals surface area contributed by atoms with Crippen molar-refractivity contribution in [2.75, 3.05) is 13.9 Å². The quantitative estimate of drug-likeness (QED) is 0.436. The summed E-state index contributed by atoms with van der Waals surface area (Å²) in [7, 11) is 1.69. The van der Waals surface area contributed by atoms with Crippen LogP contribution in [0.4, 0.5) is 0 Å². The van der Waals surface area contributed by atoms with E-state index in [1.165, 1.54) is 49.7 Å². The topological polar surface area (TPSA) is 43.4 Å². The van der Waals surface area contributed by atoms with E-state index in [9.17, 15) is 0 Å². The molecule has 1 heterocycles. The number of hydrogen-bond acceptors (Lipinski definition) is 4. The van der Waals surface area contributed by atoms with E-state index in [0.29, 0.717) is 24.2 Å². The molecule has 2 fully saturated rings. The van der Waals surface area contributed by atoms with Crippen molar-refractivity contribution in [1.82, 2.24) is 10.3 Å². The normalized spacial score (nSPS) is 29.1. The lowest BCUT2D eigenvalue weighted by Gasteiger charge is -2.51. The zero-order valence-electron chi connectivity index (χ0n) is 20.7. The first-order valence-electron chi connectivity index (χ1n) is 12.5. The third-order valence-corrected chi connectivity index (χ3v) is 8.87. The van der Waals surface area contributed by atoms with E-state index in [1.807, 2.05) is 12.3 Å². The van der Waals surface area contributed by atoms with E-state index in [1.54, 1.807) is 12.7 Å². The van der Waals surface area contributed by atoms with Gasteiger partial charge in [0.15, 0.2) is 6.79 Å². The van der Waals surface area contributed by atoms with Gasteiger partial charge < -0.3 is 14.8 Å². The highest BCUT2D eigenvalue weighted by atomic mass is 35.5. The maximum Gasteiger partial charge on any atom is 0.188 e. The molecule has 5 atom stereocenters. The molecule has 188 valence electrons. The molecule has 0 aliphatic heterocycles. The van der Waals surface area contributed by atoms with Crippen LogP contribution >= 0.6 is 24.8 Å². The van der Waals surface area contributed by atoms with Crippen LogP contribution < -0.4 is 10.1 Å². The van der Waals surface area contributed by atoms with Crippen LogP contribution in [0.2, 0.25) is 0 Å². The predicted octanol–water partition coefficient (Wildman–Crippen LogP) is 6.48. The monoisotopic (exact) mass is 506 g/mol. The second-order valence-corrected chi connectivity index (χ2v) is 10.4. The van der Waals surface area contributed by atoms with Crippen molar-refractivity contribution in [2.45, 2.75) is 77.3 Å². The van der Waals surface area contributed by atoms with Gasteiger partial charge in [0.05, 0.1) is 5.69 Å². The average molecular weight is 508 g/mol. The zero-order chi connectivity index (χ0) is 22.1. The van der Waals surface area contributed by atoms with Crippen molar-refractivity contribution in [3.63, 3.8) is 0 Å². The molecule has 2 saturated carbocycles. The van der Waals surface area contributed by atoms with Gasteiger partial charge in [-0.05, 0) is 103 Å². The Balaban J connectivity index is 0.00000162. The van der Waals surface area contributed by atoms with Gasteiger partial charge >= 0.3 is 0 Å². The minimum atomic E-state index is 0. The van der Waals surface area contributed by atoms with E-state index in [2.05, 4.69) is 48.4 Å². The molecule has 0 amide bonds. The lowest BCUT2D eigenvalue weighted by atomic mass is 9.55. The molecule has 2 aromatic rings. The molecule has 6 heteroatoms. The summed E-state index contributed by atoms with van der Waals surface area (Å²) in [5.74, 6) is 3.38. The van der Waals surface area contributed by atoms with Crippen LogP contribution in [-0.2, 0) is 24.1 Å². The Hall–Kier alpha value is -1.33. The Morgan fingerprint density at radius 1 is 1.12 bits per heavy atom. The van der Waals surface area contributed by atoms with E-state index in [0.717, 1.165) is 36.2 Å². The molecule has 0 radical (unpaired) electrons. The molecule has 3 aliphatic rings. The Morgan fingerprint density at radius 2 is 1.97 bits per heavy atom. The molecule has 5 unspecified atom stereocenters. The Bertz CT molecular complexity index is 942. The van der Waals surface area contributed by atoms with Crippen LogP contribution in [0.3, 0.4) is 0 Å². The van der Waals surface area contributed by atoms with Gasteiger partial charge in [-0.3, -0.25) is 4.98 Å². The fourth-order valence-corrected chi connectivity index (χ4v) is 7.24. The lowest BCUT2D eigenvalue weighted by Crippen LogP contribution is -2.48. The Labute approximate surface area is 217 Å². The molecule has 0 bridgehead atoms. The second kappa shape index (κ2) is 11.6. The number of aryl methyl sites for hydroxylation is 2. The largest absolute Gasteiger partial charge is 0.467 e. The number of rotatable bonds is 7. The fourth-order valence-electron chi connectivity index (χ4n) is 7.24. The number of methoxy groups -OCH3 is 1. The third-order valence-electron chi connectivity index (χ3n) is 8.87. The van der Waals surface area contributed by atoms with Crippen LogP contribution in [0, 0.1) is 17.3 Å². The SMILES string of the molecule is CCc1cc2c(cc1OCOC)CCC1C2CCC2(C)C(NCc3ccccn3)CCC12.Cl.Cl. The smallest absolute Gasteiger partial charge is 0.188 e. The summed E-state index contributed by atoms with van der Waals surface area (Å²) in [6, 6.07) is 11.6. The molecule has 1 aromatic carbocycles. The number of ether oxygens (including phenoxy) is 2. The maximum atomic E-state index is 5.91. The minimum Gasteiger partial charge on any atom is -0.467 e. The van der Waals surface area contributed by atoms with Crippen molar-refractivity contribution in [3.05, 3.63) is 58.9 Å². The summed E-state index contributed by atoms with van der Waals surface area (Å²) in [5, 5.41) is 3.91. The highest BCUT2D eigenvalue weighted by Crippen LogP contribution is 2.61. The highest BCUT2D eigenvalue weighted by Gasteiger charge is 2.54. The molecule has 4 nitrogen and oxygen atoms in total. The van der Waals surface area contributed by atoms with Crippen LogP contribution in [0.25, 0.3) is 0 Å². The van der Waals surface area contributed by atoms with Gasteiger partial charge in [-0.1, -0.05) is 26.0 Å². The van der Waals surface area contributed by atoms with Crippen molar-refractivity contribution in [1.29, 1.82) is 0 Å². The van der Waals surface area contributed by atoms with Gasteiger partial charge in [-0.25, -0.2) is 0 Å². The molecule has 0 saturated heterocycles. The molecule has 1 N–H and O–H groups in total. The third kappa shape index (κ3) is 4.97. The number of fused-ring (bicyclic) bond motifs is 5. The molecule has 5 rings (SSSR count). The molecular formula is C28H40Cl2N2O2. The van der Waals surface area contributed by atoms with Gasteiger partial charge in [0, 0.05) is 25.9 Å². The van der Waals surface area contributed by atoms with Gasteiger partial charge in [0.25, 0.3) is 0 Å². The molecule has 3 aliphatic carbocycles. The summed E-state index contributed by atoms with van der Waals surface area (Å²) in [4.78, 5) is 4.52. The Morgan fingerprint density at radius 3 is 2.71 bits per heavy atom. The first-order valence-corrected chi connectivity index (χ1v) is 12.5. The predicted molar refractivity (Wildman–Crippen MR) is 142 cm³/mol. The van der Waals surface area contributed by atoms with E-state index in [4.69, 9.17) is 9.47 Å². The molecular weight excluding hydrogens is 467 g/mol. The summed E-state index contributed by atoms with van der Waals surface area (Å²) in [6.45, 7) is 6.01. The standard InChI is InChI=1S/C28H38N2O2.2ClH/c1-4-19-15-24-20(16-26(19)32-18-31-3)8-9-23-22(24)12-13-28(2)25(23)10-11-27(28)30-17-21-7-5-6-14-29-21;;/h5-7,14-16,22-23,25,27,30H,4,8-13,17-18H2,1-3H3;2*1H. The first kappa shape index (κ1) is 27.3. The maximum absolute atomic E-state index is 5.91. The number of halogens is 2. The Kier molecular flexibility index (Phi) is 9.30. The number of pyridine rings is 1. The highest BCUT2D eigenvalue weighted by molar-refractivity contribution is 5.85. The van der Waals surface area contributed by atoms with E-state index in [-0.39, 0.29) is 24.8 Å². The number of nitrogens with one attached hydrogen (secondary N) is 1. The van der Waals surface area contributed by atoms with Gasteiger partial charge in [-0.15, -0.1) is 24.8 Å². The number of aromatic nitrogens is 1. The zero-order valence-corrected chi connectivity index (χ0v) is 22.4. The van der Waals surface area contributed by atoms with Crippen LogP contribution in [0.5, 0.6) is 5.75 Å². The van der Waals surface area contributed by atoms with Gasteiger partial charge in [0.1, 0.15) is 5.75 Å². The van der Waals surface area contributed by atoms with Crippen molar-refractivity contribution >= 4 is 24.8 Å². The second-order valence-electron chi connectivity index (χ2n) is 10.4. The van der Waals surface area contributed by atoms with E-state index >= 15 is 0 Å². The first-order chi connectivity index (χ1) is 15.6. The molecule has 0 spiro atoms. The van der Waals surface area contributed by atoms with Crippen molar-refractivity contribution in [2.24, 2.45) is 17.3 Å². The lowest BCUT2D eigenvalue weighted by molar-refractivity contribution is 0.0400. The van der Waals surface area contributed by atoms with Crippen LogP contribution in [0.1, 0.15) is 74.3 Å². The number of benzene rings is 1. The van der Waals surface area contributed by atoms with E-state index < -0.39 is 0 Å². The number of nitrogens with zero attached hydrogens (tertiary/aromatic N) is 1. The fraction of sp³-hybridized carbons (Fsp3) is 0.607. The van der Waals surface area contributed by atoms with Crippen molar-refractivity contribution in [3.8, 4) is 5.75 Å². The number of hydrogen-bond donors (Lipinski definition) is 1. The average Bonchev–Trinajstić information content (AvgIpc) is 3.17. The minimum absolute atomic E-state index is 0. The van der Waals surface area contributed by atoms with Crippen molar-refractivity contribution < 1.29 is 9.47 Å². The van der Waals surface area contributed by atoms with Crippen LogP contribution in [-0.4, -0.2) is 24.9 Å².